The summed E-state index contributed by atoms with van der Waals surface area (Å²) < 4.78 is 12.9. The Morgan fingerprint density at radius 2 is 1.95 bits per heavy atom. The predicted octanol–water partition coefficient (Wildman–Crippen LogP) is 2.42. The highest BCUT2D eigenvalue weighted by Crippen LogP contribution is 2.33. The van der Waals surface area contributed by atoms with Crippen LogP contribution in [0.3, 0.4) is 0 Å². The fourth-order valence-electron chi connectivity index (χ4n) is 2.82. The molecule has 6 nitrogen and oxygen atoms in total. The number of hydrogen-bond donors (Lipinski definition) is 1. The Bertz CT molecular complexity index is 857. The summed E-state index contributed by atoms with van der Waals surface area (Å²) in [5.74, 6) is 3.30. The zero-order valence-electron chi connectivity index (χ0n) is 12.5. The average molecular weight is 296 g/mol. The number of nitrogens with zero attached hydrogens (tertiary/aromatic N) is 3. The molecule has 6 heteroatoms. The lowest BCUT2D eigenvalue weighted by Gasteiger charge is -2.12. The van der Waals surface area contributed by atoms with Gasteiger partial charge in [-0.3, -0.25) is 0 Å². The number of imidazole rings is 1. The summed E-state index contributed by atoms with van der Waals surface area (Å²) in [7, 11) is 3.27. The number of anilines is 1. The summed E-state index contributed by atoms with van der Waals surface area (Å²) >= 11 is 0. The summed E-state index contributed by atoms with van der Waals surface area (Å²) in [5, 5.41) is 4.39. The topological polar surface area (TPSA) is 61.2 Å². The molecule has 0 fully saturated rings. The molecule has 0 radical (unpaired) electrons. The maximum Gasteiger partial charge on any atom is 0.162 e. The van der Waals surface area contributed by atoms with Crippen molar-refractivity contribution in [1.29, 1.82) is 0 Å². The van der Waals surface area contributed by atoms with Crippen molar-refractivity contribution in [3.05, 3.63) is 42.0 Å². The van der Waals surface area contributed by atoms with E-state index in [1.54, 1.807) is 14.2 Å². The van der Waals surface area contributed by atoms with E-state index in [-0.39, 0.29) is 0 Å². The lowest BCUT2D eigenvalue weighted by atomic mass is 10.1. The van der Waals surface area contributed by atoms with E-state index in [9.17, 15) is 0 Å². The maximum absolute atomic E-state index is 5.37. The number of ether oxygens (including phenoxy) is 2. The molecule has 0 spiro atoms. The molecule has 3 aromatic rings. The van der Waals surface area contributed by atoms with Crippen LogP contribution in [0.15, 0.2) is 30.6 Å². The third kappa shape index (κ3) is 1.95. The molecule has 3 heterocycles. The Kier molecular flexibility index (Phi) is 2.89. The molecule has 0 saturated carbocycles. The van der Waals surface area contributed by atoms with Crippen molar-refractivity contribution < 1.29 is 9.47 Å². The molecule has 2 aromatic heterocycles. The number of pyridine rings is 1. The average Bonchev–Trinajstić information content (AvgIpc) is 2.92. The van der Waals surface area contributed by atoms with Crippen LogP contribution in [0, 0.1) is 0 Å². The van der Waals surface area contributed by atoms with Gasteiger partial charge in [0.15, 0.2) is 11.5 Å². The first-order valence-corrected chi connectivity index (χ1v) is 7.08. The molecule has 0 atom stereocenters. The van der Waals surface area contributed by atoms with Gasteiger partial charge in [-0.15, -0.1) is 0 Å². The van der Waals surface area contributed by atoms with E-state index in [2.05, 4.69) is 20.9 Å². The Morgan fingerprint density at radius 3 is 2.77 bits per heavy atom. The van der Waals surface area contributed by atoms with E-state index >= 15 is 0 Å². The highest BCUT2D eigenvalue weighted by molar-refractivity contribution is 5.85. The molecule has 1 aromatic carbocycles. The monoisotopic (exact) mass is 296 g/mol. The summed E-state index contributed by atoms with van der Waals surface area (Å²) in [5.41, 5.74) is 2.01. The Morgan fingerprint density at radius 1 is 1.14 bits per heavy atom. The number of rotatable bonds is 2. The van der Waals surface area contributed by atoms with E-state index in [0.717, 1.165) is 34.7 Å². The van der Waals surface area contributed by atoms with Crippen LogP contribution in [0.25, 0.3) is 10.9 Å². The number of benzene rings is 1. The SMILES string of the molecule is COc1cc2cc3c(nc2cc1OC)NCc1nccn1C3. The van der Waals surface area contributed by atoms with Crippen molar-refractivity contribution in [3.8, 4) is 11.5 Å². The zero-order chi connectivity index (χ0) is 15.1. The van der Waals surface area contributed by atoms with Crippen molar-refractivity contribution in [1.82, 2.24) is 14.5 Å². The minimum Gasteiger partial charge on any atom is -0.493 e. The highest BCUT2D eigenvalue weighted by Gasteiger charge is 2.16. The fraction of sp³-hybridized carbons (Fsp3) is 0.250. The van der Waals surface area contributed by atoms with Crippen LogP contribution in [-0.4, -0.2) is 28.8 Å². The van der Waals surface area contributed by atoms with Gasteiger partial charge in [0, 0.05) is 29.4 Å². The number of fused-ring (bicyclic) bond motifs is 3. The standard InChI is InChI=1S/C16H16N4O2/c1-21-13-6-10-5-11-9-20-4-3-17-15(20)8-18-16(11)19-12(10)7-14(13)22-2/h3-7H,8-9H2,1-2H3,(H,18,19). The van der Waals surface area contributed by atoms with E-state index in [1.165, 1.54) is 0 Å². The predicted molar refractivity (Wildman–Crippen MR) is 83.5 cm³/mol. The van der Waals surface area contributed by atoms with Gasteiger partial charge in [0.2, 0.25) is 0 Å². The van der Waals surface area contributed by atoms with Gasteiger partial charge in [0.05, 0.1) is 32.8 Å². The molecule has 0 bridgehead atoms. The Labute approximate surface area is 127 Å². The summed E-state index contributed by atoms with van der Waals surface area (Å²) in [6.07, 6.45) is 3.81. The van der Waals surface area contributed by atoms with E-state index in [1.807, 2.05) is 24.5 Å². The van der Waals surface area contributed by atoms with Crippen LogP contribution in [0.1, 0.15) is 11.4 Å². The van der Waals surface area contributed by atoms with Crippen molar-refractivity contribution in [2.24, 2.45) is 0 Å². The molecule has 0 saturated heterocycles. The molecule has 22 heavy (non-hydrogen) atoms. The summed E-state index contributed by atoms with van der Waals surface area (Å²) in [6, 6.07) is 6.00. The number of hydrogen-bond acceptors (Lipinski definition) is 5. The number of aromatic nitrogens is 3. The molecular formula is C16H16N4O2. The molecule has 0 unspecified atom stereocenters. The first kappa shape index (κ1) is 12.9. The molecular weight excluding hydrogens is 280 g/mol. The molecule has 1 N–H and O–H groups in total. The van der Waals surface area contributed by atoms with Crippen LogP contribution in [-0.2, 0) is 13.1 Å². The van der Waals surface area contributed by atoms with Gasteiger partial charge in [-0.25, -0.2) is 9.97 Å². The van der Waals surface area contributed by atoms with Crippen LogP contribution in [0.5, 0.6) is 11.5 Å². The molecule has 0 amide bonds. The highest BCUT2D eigenvalue weighted by atomic mass is 16.5. The van der Waals surface area contributed by atoms with Crippen molar-refractivity contribution in [3.63, 3.8) is 0 Å². The van der Waals surface area contributed by atoms with Crippen molar-refractivity contribution >= 4 is 16.7 Å². The third-order valence-electron chi connectivity index (χ3n) is 3.96. The van der Waals surface area contributed by atoms with Gasteiger partial charge in [0.1, 0.15) is 11.6 Å². The first-order chi connectivity index (χ1) is 10.8. The Balaban J connectivity index is 1.88. The quantitative estimate of drug-likeness (QED) is 0.787. The van der Waals surface area contributed by atoms with Gasteiger partial charge in [0.25, 0.3) is 0 Å². The second kappa shape index (κ2) is 4.91. The van der Waals surface area contributed by atoms with Crippen LogP contribution in [0.4, 0.5) is 5.82 Å². The third-order valence-corrected chi connectivity index (χ3v) is 3.96. The van der Waals surface area contributed by atoms with Gasteiger partial charge >= 0.3 is 0 Å². The minimum atomic E-state index is 0.672. The lowest BCUT2D eigenvalue weighted by Crippen LogP contribution is -2.03. The normalized spacial score (nSPS) is 13.0. The van der Waals surface area contributed by atoms with Gasteiger partial charge in [-0.05, 0) is 12.1 Å². The molecule has 1 aliphatic heterocycles. The largest absolute Gasteiger partial charge is 0.493 e. The fourth-order valence-corrected chi connectivity index (χ4v) is 2.82. The smallest absolute Gasteiger partial charge is 0.162 e. The number of nitrogens with one attached hydrogen (secondary N) is 1. The minimum absolute atomic E-state index is 0.672. The van der Waals surface area contributed by atoms with Crippen LogP contribution < -0.4 is 14.8 Å². The maximum atomic E-state index is 5.37. The van der Waals surface area contributed by atoms with Crippen molar-refractivity contribution in [2.45, 2.75) is 13.1 Å². The van der Waals surface area contributed by atoms with Gasteiger partial charge in [-0.2, -0.15) is 0 Å². The zero-order valence-corrected chi connectivity index (χ0v) is 12.5. The second-order valence-corrected chi connectivity index (χ2v) is 5.22. The molecule has 0 aliphatic carbocycles. The van der Waals surface area contributed by atoms with Crippen LogP contribution in [0.2, 0.25) is 0 Å². The molecule has 1 aliphatic rings. The number of methoxy groups -OCH3 is 2. The van der Waals surface area contributed by atoms with E-state index < -0.39 is 0 Å². The first-order valence-electron chi connectivity index (χ1n) is 7.08. The molecule has 4 rings (SSSR count). The van der Waals surface area contributed by atoms with Gasteiger partial charge < -0.3 is 19.4 Å². The second-order valence-electron chi connectivity index (χ2n) is 5.22. The summed E-state index contributed by atoms with van der Waals surface area (Å²) in [4.78, 5) is 9.09. The van der Waals surface area contributed by atoms with Gasteiger partial charge in [-0.1, -0.05) is 0 Å². The summed E-state index contributed by atoms with van der Waals surface area (Å²) in [6.45, 7) is 1.43. The van der Waals surface area contributed by atoms with Crippen LogP contribution >= 0.6 is 0 Å². The van der Waals surface area contributed by atoms with Crippen molar-refractivity contribution in [2.75, 3.05) is 19.5 Å². The molecule has 112 valence electrons. The lowest BCUT2D eigenvalue weighted by molar-refractivity contribution is 0.356. The van der Waals surface area contributed by atoms with E-state index in [0.29, 0.717) is 18.0 Å². The van der Waals surface area contributed by atoms with E-state index in [4.69, 9.17) is 14.5 Å². The Hall–Kier alpha value is -2.76.